The molecule has 1 amide bonds. The first kappa shape index (κ1) is 39.0. The average molecular weight is 777 g/mol. The standard InChI is InChI=1S/C39H42ClFN6O8/c1-23(48)53-34-22-43(32-19-25(40)11-13-30(32)47(51)52)17-16-31(34)46-33-20-26(41)12-14-29(33)45(35(46)42-36(49)54-38(2,3)4)21-24-9-8-10-28-27(24)15-18-44(28)37(50)55-39(5,6)7/h8-15,18-20,31,34H,16-17,21-22H2,1-7H3/t31-,34-/m0/s1. The van der Waals surface area contributed by atoms with Gasteiger partial charge in [-0.25, -0.2) is 14.0 Å². The van der Waals surface area contributed by atoms with Crippen molar-refractivity contribution in [1.29, 1.82) is 0 Å². The molecule has 16 heteroatoms. The van der Waals surface area contributed by atoms with Crippen LogP contribution in [0.15, 0.2) is 71.9 Å². The first-order chi connectivity index (χ1) is 25.8. The minimum absolute atomic E-state index is 0.00375. The van der Waals surface area contributed by atoms with Crippen LogP contribution in [-0.4, -0.2) is 67.2 Å². The number of anilines is 1. The molecule has 3 heterocycles. The topological polar surface area (TPSA) is 152 Å². The zero-order chi connectivity index (χ0) is 40.0. The molecule has 5 aromatic rings. The monoisotopic (exact) mass is 776 g/mol. The van der Waals surface area contributed by atoms with Gasteiger partial charge in [0.1, 0.15) is 28.8 Å². The molecule has 0 aliphatic carbocycles. The maximum atomic E-state index is 15.2. The van der Waals surface area contributed by atoms with Gasteiger partial charge in [0.05, 0.1) is 40.6 Å². The minimum Gasteiger partial charge on any atom is -0.458 e. The van der Waals surface area contributed by atoms with E-state index >= 15 is 4.39 Å². The van der Waals surface area contributed by atoms with Crippen LogP contribution in [0.4, 0.5) is 25.4 Å². The van der Waals surface area contributed by atoms with E-state index in [-0.39, 0.29) is 48.1 Å². The van der Waals surface area contributed by atoms with Crippen molar-refractivity contribution in [2.45, 2.75) is 84.8 Å². The molecular formula is C39H42ClFN6O8. The van der Waals surface area contributed by atoms with E-state index in [9.17, 15) is 24.5 Å². The maximum Gasteiger partial charge on any atom is 0.437 e. The van der Waals surface area contributed by atoms with Gasteiger partial charge < -0.3 is 28.2 Å². The number of hydrogen-bond acceptors (Lipinski definition) is 9. The third-order valence-electron chi connectivity index (χ3n) is 8.92. The highest BCUT2D eigenvalue weighted by Crippen LogP contribution is 2.37. The Hall–Kier alpha value is -5.70. The molecule has 14 nitrogen and oxygen atoms in total. The Morgan fingerprint density at radius 3 is 2.36 bits per heavy atom. The Balaban J connectivity index is 1.54. The second kappa shape index (κ2) is 14.9. The maximum absolute atomic E-state index is 15.2. The number of ether oxygens (including phenoxy) is 3. The molecule has 0 radical (unpaired) electrons. The highest BCUT2D eigenvalue weighted by molar-refractivity contribution is 6.31. The van der Waals surface area contributed by atoms with Crippen LogP contribution in [0.25, 0.3) is 21.9 Å². The van der Waals surface area contributed by atoms with E-state index in [0.717, 1.165) is 10.9 Å². The average Bonchev–Trinajstić information content (AvgIpc) is 3.62. The highest BCUT2D eigenvalue weighted by Gasteiger charge is 2.37. The molecule has 55 heavy (non-hydrogen) atoms. The van der Waals surface area contributed by atoms with Gasteiger partial charge in [-0.1, -0.05) is 23.7 Å². The third-order valence-corrected chi connectivity index (χ3v) is 9.15. The van der Waals surface area contributed by atoms with Gasteiger partial charge in [0, 0.05) is 36.1 Å². The molecule has 0 saturated carbocycles. The number of rotatable bonds is 6. The van der Waals surface area contributed by atoms with Crippen LogP contribution in [-0.2, 0) is 25.5 Å². The number of nitro benzene ring substituents is 1. The molecule has 0 bridgehead atoms. The molecule has 1 aliphatic rings. The molecular weight excluding hydrogens is 735 g/mol. The largest absolute Gasteiger partial charge is 0.458 e. The summed E-state index contributed by atoms with van der Waals surface area (Å²) in [6.07, 6.45) is -0.551. The van der Waals surface area contributed by atoms with Crippen molar-refractivity contribution in [3.8, 4) is 0 Å². The third kappa shape index (κ3) is 8.51. The van der Waals surface area contributed by atoms with Crippen molar-refractivity contribution < 1.29 is 37.9 Å². The number of hydrogen-bond donors (Lipinski definition) is 0. The Morgan fingerprint density at radius 2 is 1.69 bits per heavy atom. The Bertz CT molecular complexity index is 2400. The number of fused-ring (bicyclic) bond motifs is 2. The lowest BCUT2D eigenvalue weighted by Crippen LogP contribution is -2.49. The molecule has 290 valence electrons. The molecule has 0 unspecified atom stereocenters. The highest BCUT2D eigenvalue weighted by atomic mass is 35.5. The summed E-state index contributed by atoms with van der Waals surface area (Å²) in [7, 11) is 0. The smallest absolute Gasteiger partial charge is 0.437 e. The van der Waals surface area contributed by atoms with E-state index in [1.165, 1.54) is 41.8 Å². The lowest BCUT2D eigenvalue weighted by molar-refractivity contribution is -0.384. The number of amides is 1. The second-order valence-corrected chi connectivity index (χ2v) is 15.8. The molecule has 1 fully saturated rings. The van der Waals surface area contributed by atoms with Gasteiger partial charge in [-0.2, -0.15) is 0 Å². The molecule has 2 aromatic heterocycles. The Kier molecular flexibility index (Phi) is 10.5. The Labute approximate surface area is 320 Å². The van der Waals surface area contributed by atoms with Gasteiger partial charge in [0.15, 0.2) is 0 Å². The van der Waals surface area contributed by atoms with Gasteiger partial charge in [0.2, 0.25) is 5.62 Å². The number of nitrogens with zero attached hydrogens (tertiary/aromatic N) is 6. The number of carbonyl (C=O) groups is 3. The zero-order valence-corrected chi connectivity index (χ0v) is 32.3. The summed E-state index contributed by atoms with van der Waals surface area (Å²) >= 11 is 6.27. The summed E-state index contributed by atoms with van der Waals surface area (Å²) in [5.74, 6) is -1.17. The van der Waals surface area contributed by atoms with Gasteiger partial charge in [0.25, 0.3) is 5.69 Å². The second-order valence-electron chi connectivity index (χ2n) is 15.3. The summed E-state index contributed by atoms with van der Waals surface area (Å²) < 4.78 is 37.2. The van der Waals surface area contributed by atoms with Crippen LogP contribution in [0.5, 0.6) is 0 Å². The van der Waals surface area contributed by atoms with Crippen LogP contribution < -0.4 is 10.5 Å². The fourth-order valence-corrected chi connectivity index (χ4v) is 7.05. The zero-order valence-electron chi connectivity index (χ0n) is 31.5. The first-order valence-electron chi connectivity index (χ1n) is 17.7. The van der Waals surface area contributed by atoms with Crippen molar-refractivity contribution in [1.82, 2.24) is 13.7 Å². The van der Waals surface area contributed by atoms with Gasteiger partial charge in [-0.15, -0.1) is 4.99 Å². The number of piperidine rings is 1. The predicted molar refractivity (Wildman–Crippen MR) is 204 cm³/mol. The van der Waals surface area contributed by atoms with E-state index in [0.29, 0.717) is 16.6 Å². The number of carbonyl (C=O) groups excluding carboxylic acids is 3. The van der Waals surface area contributed by atoms with Crippen LogP contribution >= 0.6 is 11.6 Å². The normalized spacial score (nSPS) is 16.7. The van der Waals surface area contributed by atoms with Crippen LogP contribution in [0.3, 0.4) is 0 Å². The van der Waals surface area contributed by atoms with Crippen molar-refractivity contribution in [2.75, 3.05) is 18.0 Å². The van der Waals surface area contributed by atoms with Crippen LogP contribution in [0.1, 0.15) is 66.5 Å². The van der Waals surface area contributed by atoms with E-state index in [4.69, 9.17) is 25.8 Å². The summed E-state index contributed by atoms with van der Waals surface area (Å²) in [6.45, 7) is 12.1. The van der Waals surface area contributed by atoms with Crippen molar-refractivity contribution in [2.24, 2.45) is 4.99 Å². The lowest BCUT2D eigenvalue weighted by Gasteiger charge is -2.39. The van der Waals surface area contributed by atoms with Crippen molar-refractivity contribution in [3.63, 3.8) is 0 Å². The van der Waals surface area contributed by atoms with Gasteiger partial charge in [-0.3, -0.25) is 19.5 Å². The van der Waals surface area contributed by atoms with E-state index < -0.39 is 52.2 Å². The van der Waals surface area contributed by atoms with Gasteiger partial charge in [-0.05, 0) is 96.0 Å². The lowest BCUT2D eigenvalue weighted by atomic mass is 10.00. The minimum atomic E-state index is -0.948. The first-order valence-corrected chi connectivity index (χ1v) is 18.0. The fourth-order valence-electron chi connectivity index (χ4n) is 6.89. The molecule has 0 N–H and O–H groups in total. The van der Waals surface area contributed by atoms with Crippen molar-refractivity contribution in [3.05, 3.63) is 99.0 Å². The number of esters is 1. The number of nitro groups is 1. The summed E-state index contributed by atoms with van der Waals surface area (Å²) in [5.41, 5.74) is 0.720. The SMILES string of the molecule is CC(=O)O[C@H]1CN(c2cc(Cl)ccc2[N+](=O)[O-])CC[C@@H]1n1c(=NC(=O)OC(C)(C)C)n(Cc2cccc3c2ccn3C(=O)OC(C)(C)C)c2ccc(F)cc21. The van der Waals surface area contributed by atoms with Crippen LogP contribution in [0, 0.1) is 15.9 Å². The molecule has 6 rings (SSSR count). The predicted octanol–water partition coefficient (Wildman–Crippen LogP) is 8.15. The fraction of sp³-hybridized carbons (Fsp3) is 0.385. The number of benzene rings is 3. The number of imidazole rings is 1. The molecule has 1 saturated heterocycles. The van der Waals surface area contributed by atoms with Crippen molar-refractivity contribution >= 4 is 63.1 Å². The molecule has 2 atom stereocenters. The quantitative estimate of drug-likeness (QED) is 0.0720. The van der Waals surface area contributed by atoms with E-state index in [1.807, 2.05) is 6.07 Å². The molecule has 0 spiro atoms. The van der Waals surface area contributed by atoms with Crippen LogP contribution in [0.2, 0.25) is 5.02 Å². The van der Waals surface area contributed by atoms with E-state index in [1.54, 1.807) is 86.0 Å². The Morgan fingerprint density at radius 1 is 0.964 bits per heavy atom. The summed E-state index contributed by atoms with van der Waals surface area (Å²) in [5, 5.41) is 13.0. The molecule has 1 aliphatic heterocycles. The summed E-state index contributed by atoms with van der Waals surface area (Å²) in [6, 6.07) is 14.9. The van der Waals surface area contributed by atoms with Gasteiger partial charge >= 0.3 is 18.2 Å². The number of halogens is 2. The number of aromatic nitrogens is 3. The van der Waals surface area contributed by atoms with E-state index in [2.05, 4.69) is 4.99 Å². The summed E-state index contributed by atoms with van der Waals surface area (Å²) in [4.78, 5) is 57.0. The molecule has 3 aromatic carbocycles.